The van der Waals surface area contributed by atoms with Gasteiger partial charge in [-0.15, -0.1) is 26.3 Å². The van der Waals surface area contributed by atoms with E-state index < -0.39 is 30.3 Å². The van der Waals surface area contributed by atoms with E-state index in [1.807, 2.05) is 0 Å². The molecule has 0 aliphatic carbocycles. The van der Waals surface area contributed by atoms with Crippen LogP contribution in [0, 0.1) is 5.92 Å². The summed E-state index contributed by atoms with van der Waals surface area (Å²) in [7, 11) is 0. The second-order valence-electron chi connectivity index (χ2n) is 4.57. The van der Waals surface area contributed by atoms with Gasteiger partial charge in [-0.1, -0.05) is 13.8 Å². The second kappa shape index (κ2) is 6.00. The highest BCUT2D eigenvalue weighted by Crippen LogP contribution is 2.36. The third kappa shape index (κ3) is 5.70. The van der Waals surface area contributed by atoms with Crippen LogP contribution in [0.4, 0.5) is 26.3 Å². The highest BCUT2D eigenvalue weighted by Gasteiger charge is 2.34. The van der Waals surface area contributed by atoms with Crippen LogP contribution in [0.5, 0.6) is 11.5 Å². The Morgan fingerprint density at radius 2 is 1.48 bits per heavy atom. The van der Waals surface area contributed by atoms with Crippen molar-refractivity contribution in [1.29, 1.82) is 0 Å². The monoisotopic (exact) mass is 317 g/mol. The molecule has 21 heavy (non-hydrogen) atoms. The Morgan fingerprint density at radius 1 is 0.952 bits per heavy atom. The Morgan fingerprint density at radius 3 is 1.90 bits per heavy atom. The molecule has 0 aliphatic heterocycles. The SMILES string of the molecule is CC(C)C(N)c1cc(OC(F)(F)F)ccc1OC(F)(F)F. The smallest absolute Gasteiger partial charge is 0.406 e. The molecule has 0 bridgehead atoms. The van der Waals surface area contributed by atoms with E-state index in [1.165, 1.54) is 0 Å². The minimum absolute atomic E-state index is 0.218. The molecule has 0 aromatic heterocycles. The highest BCUT2D eigenvalue weighted by molar-refractivity contribution is 5.42. The largest absolute Gasteiger partial charge is 0.573 e. The van der Waals surface area contributed by atoms with Gasteiger partial charge in [0.15, 0.2) is 0 Å². The summed E-state index contributed by atoms with van der Waals surface area (Å²) in [5, 5.41) is 0. The number of nitrogens with two attached hydrogens (primary N) is 1. The number of alkyl halides is 6. The van der Waals surface area contributed by atoms with Gasteiger partial charge in [0.25, 0.3) is 0 Å². The molecule has 1 aromatic carbocycles. The molecule has 0 saturated heterocycles. The second-order valence-corrected chi connectivity index (χ2v) is 4.57. The maximum absolute atomic E-state index is 12.3. The van der Waals surface area contributed by atoms with E-state index in [4.69, 9.17) is 5.73 Å². The van der Waals surface area contributed by atoms with Crippen molar-refractivity contribution in [2.75, 3.05) is 0 Å². The average molecular weight is 317 g/mol. The Kier molecular flexibility index (Phi) is 4.98. The zero-order chi connectivity index (χ0) is 16.4. The lowest BCUT2D eigenvalue weighted by Crippen LogP contribution is -2.23. The van der Waals surface area contributed by atoms with Crippen LogP contribution in [-0.2, 0) is 0 Å². The lowest BCUT2D eigenvalue weighted by Gasteiger charge is -2.21. The van der Waals surface area contributed by atoms with E-state index in [9.17, 15) is 26.3 Å². The van der Waals surface area contributed by atoms with E-state index >= 15 is 0 Å². The van der Waals surface area contributed by atoms with Crippen molar-refractivity contribution in [1.82, 2.24) is 0 Å². The van der Waals surface area contributed by atoms with Gasteiger partial charge < -0.3 is 15.2 Å². The average Bonchev–Trinajstić information content (AvgIpc) is 2.26. The summed E-state index contributed by atoms with van der Waals surface area (Å²) in [5.41, 5.74) is 5.49. The topological polar surface area (TPSA) is 44.5 Å². The molecule has 0 spiro atoms. The summed E-state index contributed by atoms with van der Waals surface area (Å²) in [6.45, 7) is 3.22. The van der Waals surface area contributed by atoms with Crippen LogP contribution in [-0.4, -0.2) is 12.7 Å². The lowest BCUT2D eigenvalue weighted by molar-refractivity contribution is -0.277. The molecular weight excluding hydrogens is 304 g/mol. The third-order valence-corrected chi connectivity index (χ3v) is 2.52. The van der Waals surface area contributed by atoms with Crippen molar-refractivity contribution in [2.24, 2.45) is 11.7 Å². The van der Waals surface area contributed by atoms with Gasteiger partial charge in [-0.3, -0.25) is 0 Å². The van der Waals surface area contributed by atoms with Gasteiger partial charge in [0, 0.05) is 11.6 Å². The minimum Gasteiger partial charge on any atom is -0.406 e. The predicted molar refractivity (Wildman–Crippen MR) is 61.6 cm³/mol. The van der Waals surface area contributed by atoms with E-state index in [-0.39, 0.29) is 11.5 Å². The van der Waals surface area contributed by atoms with Crippen molar-refractivity contribution in [3.63, 3.8) is 0 Å². The van der Waals surface area contributed by atoms with Gasteiger partial charge in [-0.25, -0.2) is 0 Å². The molecule has 0 radical (unpaired) electrons. The van der Waals surface area contributed by atoms with E-state index in [2.05, 4.69) is 9.47 Å². The number of ether oxygens (including phenoxy) is 2. The first-order valence-electron chi connectivity index (χ1n) is 5.80. The number of rotatable bonds is 4. The first-order chi connectivity index (χ1) is 9.39. The number of hydrogen-bond acceptors (Lipinski definition) is 3. The molecule has 1 aromatic rings. The van der Waals surface area contributed by atoms with E-state index in [0.29, 0.717) is 0 Å². The van der Waals surface area contributed by atoms with Gasteiger partial charge in [-0.05, 0) is 24.1 Å². The van der Waals surface area contributed by atoms with Crippen LogP contribution >= 0.6 is 0 Å². The number of hydrogen-bond donors (Lipinski definition) is 1. The fraction of sp³-hybridized carbons (Fsp3) is 0.500. The van der Waals surface area contributed by atoms with Crippen molar-refractivity contribution in [3.8, 4) is 11.5 Å². The quantitative estimate of drug-likeness (QED) is 0.849. The Hall–Kier alpha value is -1.64. The van der Waals surface area contributed by atoms with Gasteiger partial charge in [0.2, 0.25) is 0 Å². The maximum atomic E-state index is 12.3. The van der Waals surface area contributed by atoms with Crippen LogP contribution in [0.25, 0.3) is 0 Å². The van der Waals surface area contributed by atoms with Crippen LogP contribution in [0.2, 0.25) is 0 Å². The summed E-state index contributed by atoms with van der Waals surface area (Å²) in [5.74, 6) is -1.64. The molecule has 0 aliphatic rings. The Balaban J connectivity index is 3.20. The highest BCUT2D eigenvalue weighted by atomic mass is 19.4. The van der Waals surface area contributed by atoms with Crippen LogP contribution in [0.15, 0.2) is 18.2 Å². The summed E-state index contributed by atoms with van der Waals surface area (Å²) >= 11 is 0. The standard InChI is InChI=1S/C12H13F6NO2/c1-6(2)10(19)8-5-7(20-11(13,14)15)3-4-9(8)21-12(16,17)18/h3-6,10H,19H2,1-2H3. The summed E-state index contributed by atoms with van der Waals surface area (Å²) < 4.78 is 80.7. The first-order valence-corrected chi connectivity index (χ1v) is 5.80. The molecule has 120 valence electrons. The lowest BCUT2D eigenvalue weighted by atomic mass is 9.96. The zero-order valence-corrected chi connectivity index (χ0v) is 11.0. The third-order valence-electron chi connectivity index (χ3n) is 2.52. The van der Waals surface area contributed by atoms with Gasteiger partial charge in [0.05, 0.1) is 0 Å². The van der Waals surface area contributed by atoms with Crippen molar-refractivity contribution in [2.45, 2.75) is 32.6 Å². The van der Waals surface area contributed by atoms with Gasteiger partial charge in [0.1, 0.15) is 11.5 Å². The normalized spacial score (nSPS) is 14.2. The van der Waals surface area contributed by atoms with E-state index in [0.717, 1.165) is 18.2 Å². The minimum atomic E-state index is -4.97. The summed E-state index contributed by atoms with van der Waals surface area (Å²) in [4.78, 5) is 0. The Labute approximate surface area is 116 Å². The van der Waals surface area contributed by atoms with Gasteiger partial charge in [-0.2, -0.15) is 0 Å². The van der Waals surface area contributed by atoms with Crippen LogP contribution in [0.1, 0.15) is 25.5 Å². The molecule has 1 unspecified atom stereocenters. The molecule has 0 heterocycles. The first kappa shape index (κ1) is 17.4. The van der Waals surface area contributed by atoms with Crippen molar-refractivity contribution >= 4 is 0 Å². The molecular formula is C12H13F6NO2. The molecule has 0 fully saturated rings. The molecule has 3 nitrogen and oxygen atoms in total. The Bertz CT molecular complexity index is 484. The summed E-state index contributed by atoms with van der Waals surface area (Å²) in [6.07, 6.45) is -9.93. The van der Waals surface area contributed by atoms with Crippen molar-refractivity contribution < 1.29 is 35.8 Å². The van der Waals surface area contributed by atoms with Crippen molar-refractivity contribution in [3.05, 3.63) is 23.8 Å². The van der Waals surface area contributed by atoms with Gasteiger partial charge >= 0.3 is 12.7 Å². The van der Waals surface area contributed by atoms with Crippen LogP contribution in [0.3, 0.4) is 0 Å². The molecule has 0 saturated carbocycles. The van der Waals surface area contributed by atoms with Crippen LogP contribution < -0.4 is 15.2 Å². The number of halogens is 6. The maximum Gasteiger partial charge on any atom is 0.573 e. The molecule has 1 rings (SSSR count). The fourth-order valence-electron chi connectivity index (χ4n) is 1.56. The molecule has 0 amide bonds. The number of benzene rings is 1. The molecule has 1 atom stereocenters. The molecule has 2 N–H and O–H groups in total. The zero-order valence-electron chi connectivity index (χ0n) is 11.0. The van der Waals surface area contributed by atoms with E-state index in [1.54, 1.807) is 13.8 Å². The fourth-order valence-corrected chi connectivity index (χ4v) is 1.56. The predicted octanol–water partition coefficient (Wildman–Crippen LogP) is 4.14. The molecule has 9 heteroatoms. The summed E-state index contributed by atoms with van der Waals surface area (Å²) in [6, 6.07) is 1.32.